The van der Waals surface area contributed by atoms with Gasteiger partial charge in [-0.2, -0.15) is 0 Å². The standard InChI is InChI=1S/C19H17FN2O2S/c20-14-7-5-13(6-8-14)18(23)22-11-9-15(10-12-22)24-19-21-16-3-1-2-4-17(16)25-19/h1-8,15H,9-12H2. The second kappa shape index (κ2) is 6.80. The Morgan fingerprint density at radius 1 is 1.12 bits per heavy atom. The normalized spacial score (nSPS) is 15.5. The van der Waals surface area contributed by atoms with Crippen molar-refractivity contribution in [3.63, 3.8) is 0 Å². The summed E-state index contributed by atoms with van der Waals surface area (Å²) in [4.78, 5) is 18.7. The number of amides is 1. The van der Waals surface area contributed by atoms with Crippen molar-refractivity contribution in [3.8, 4) is 5.19 Å². The Hall–Kier alpha value is -2.47. The summed E-state index contributed by atoms with van der Waals surface area (Å²) in [6.07, 6.45) is 1.60. The molecule has 0 aliphatic carbocycles. The van der Waals surface area contributed by atoms with Crippen LogP contribution in [0.1, 0.15) is 23.2 Å². The molecular weight excluding hydrogens is 339 g/mol. The van der Waals surface area contributed by atoms with E-state index < -0.39 is 0 Å². The van der Waals surface area contributed by atoms with Crippen LogP contribution in [0.3, 0.4) is 0 Å². The third kappa shape index (κ3) is 3.49. The lowest BCUT2D eigenvalue weighted by atomic mass is 10.1. The summed E-state index contributed by atoms with van der Waals surface area (Å²) in [5, 5.41) is 0.685. The molecule has 0 saturated carbocycles. The lowest BCUT2D eigenvalue weighted by Crippen LogP contribution is -2.41. The zero-order valence-electron chi connectivity index (χ0n) is 13.5. The Labute approximate surface area is 148 Å². The van der Waals surface area contributed by atoms with Gasteiger partial charge in [0.2, 0.25) is 0 Å². The topological polar surface area (TPSA) is 42.4 Å². The number of hydrogen-bond donors (Lipinski definition) is 0. The van der Waals surface area contributed by atoms with Crippen LogP contribution in [0.25, 0.3) is 10.2 Å². The summed E-state index contributed by atoms with van der Waals surface area (Å²) in [6, 6.07) is 13.6. The largest absolute Gasteiger partial charge is 0.467 e. The molecule has 0 spiro atoms. The number of carbonyl (C=O) groups is 1. The highest BCUT2D eigenvalue weighted by molar-refractivity contribution is 7.20. The van der Waals surface area contributed by atoms with Crippen LogP contribution in [0.5, 0.6) is 5.19 Å². The smallest absolute Gasteiger partial charge is 0.274 e. The van der Waals surface area contributed by atoms with Gasteiger partial charge in [0.1, 0.15) is 11.9 Å². The number of rotatable bonds is 3. The van der Waals surface area contributed by atoms with Crippen molar-refractivity contribution in [1.82, 2.24) is 9.88 Å². The van der Waals surface area contributed by atoms with Crippen molar-refractivity contribution < 1.29 is 13.9 Å². The maximum atomic E-state index is 13.0. The van der Waals surface area contributed by atoms with Crippen molar-refractivity contribution in [2.45, 2.75) is 18.9 Å². The first-order chi connectivity index (χ1) is 12.2. The number of aromatic nitrogens is 1. The third-order valence-corrected chi connectivity index (χ3v) is 5.29. The van der Waals surface area contributed by atoms with Gasteiger partial charge in [0.15, 0.2) is 0 Å². The minimum atomic E-state index is -0.334. The Morgan fingerprint density at radius 3 is 2.56 bits per heavy atom. The lowest BCUT2D eigenvalue weighted by molar-refractivity contribution is 0.0595. The molecule has 128 valence electrons. The van der Waals surface area contributed by atoms with Crippen LogP contribution in [0.15, 0.2) is 48.5 Å². The highest BCUT2D eigenvalue weighted by atomic mass is 32.1. The average Bonchev–Trinajstić information content (AvgIpc) is 3.05. The molecule has 1 saturated heterocycles. The second-order valence-corrected chi connectivity index (χ2v) is 7.06. The number of nitrogens with zero attached hydrogens (tertiary/aromatic N) is 2. The van der Waals surface area contributed by atoms with E-state index in [1.807, 2.05) is 24.3 Å². The van der Waals surface area contributed by atoms with Gasteiger partial charge < -0.3 is 9.64 Å². The first-order valence-corrected chi connectivity index (χ1v) is 9.08. The number of benzene rings is 2. The number of thiazole rings is 1. The number of ether oxygens (including phenoxy) is 1. The molecule has 4 rings (SSSR count). The van der Waals surface area contributed by atoms with E-state index in [4.69, 9.17) is 4.74 Å². The number of carbonyl (C=O) groups excluding carboxylic acids is 1. The second-order valence-electron chi connectivity index (χ2n) is 6.06. The summed E-state index contributed by atoms with van der Waals surface area (Å²) in [6.45, 7) is 1.26. The summed E-state index contributed by atoms with van der Waals surface area (Å²) >= 11 is 1.55. The summed E-state index contributed by atoms with van der Waals surface area (Å²) < 4.78 is 20.1. The molecule has 6 heteroatoms. The molecule has 0 atom stereocenters. The zero-order chi connectivity index (χ0) is 17.2. The first-order valence-electron chi connectivity index (χ1n) is 8.26. The van der Waals surface area contributed by atoms with Gasteiger partial charge in [0.05, 0.1) is 10.2 Å². The van der Waals surface area contributed by atoms with E-state index >= 15 is 0 Å². The van der Waals surface area contributed by atoms with E-state index in [1.165, 1.54) is 24.3 Å². The van der Waals surface area contributed by atoms with E-state index in [0.29, 0.717) is 23.8 Å². The first kappa shape index (κ1) is 16.0. The van der Waals surface area contributed by atoms with E-state index in [0.717, 1.165) is 23.1 Å². The third-order valence-electron chi connectivity index (χ3n) is 4.36. The fourth-order valence-corrected chi connectivity index (χ4v) is 3.88. The van der Waals surface area contributed by atoms with E-state index in [1.54, 1.807) is 16.2 Å². The number of para-hydroxylation sites is 1. The van der Waals surface area contributed by atoms with Crippen LogP contribution >= 0.6 is 11.3 Å². The van der Waals surface area contributed by atoms with Gasteiger partial charge in [-0.3, -0.25) is 4.79 Å². The van der Waals surface area contributed by atoms with Crippen molar-refractivity contribution >= 4 is 27.5 Å². The highest BCUT2D eigenvalue weighted by Crippen LogP contribution is 2.29. The molecule has 2 heterocycles. The van der Waals surface area contributed by atoms with Gasteiger partial charge >= 0.3 is 0 Å². The Bertz CT molecular complexity index is 853. The fourth-order valence-electron chi connectivity index (χ4n) is 3.00. The summed E-state index contributed by atoms with van der Waals surface area (Å²) in [5.41, 5.74) is 1.47. The molecule has 1 aliphatic rings. The van der Waals surface area contributed by atoms with E-state index in [2.05, 4.69) is 4.98 Å². The SMILES string of the molecule is O=C(c1ccc(F)cc1)N1CCC(Oc2nc3ccccc3s2)CC1. The van der Waals surface area contributed by atoms with Gasteiger partial charge in [0, 0.05) is 31.5 Å². The molecule has 4 nitrogen and oxygen atoms in total. The fraction of sp³-hybridized carbons (Fsp3) is 0.263. The molecule has 1 aromatic heterocycles. The van der Waals surface area contributed by atoms with Crippen molar-refractivity contribution in [1.29, 1.82) is 0 Å². The molecule has 1 amide bonds. The van der Waals surface area contributed by atoms with Gasteiger partial charge in [0.25, 0.3) is 11.1 Å². The minimum Gasteiger partial charge on any atom is -0.467 e. The summed E-state index contributed by atoms with van der Waals surface area (Å²) in [5.74, 6) is -0.391. The maximum absolute atomic E-state index is 13.0. The van der Waals surface area contributed by atoms with Crippen LogP contribution in [-0.2, 0) is 0 Å². The molecule has 1 aliphatic heterocycles. The van der Waals surface area contributed by atoms with Gasteiger partial charge in [-0.15, -0.1) is 0 Å². The monoisotopic (exact) mass is 356 g/mol. The number of halogens is 1. The van der Waals surface area contributed by atoms with Crippen LogP contribution in [0.2, 0.25) is 0 Å². The zero-order valence-corrected chi connectivity index (χ0v) is 14.3. The van der Waals surface area contributed by atoms with Gasteiger partial charge in [-0.1, -0.05) is 23.5 Å². The molecule has 0 bridgehead atoms. The molecule has 0 radical (unpaired) electrons. The Kier molecular flexibility index (Phi) is 4.36. The minimum absolute atomic E-state index is 0.0570. The number of fused-ring (bicyclic) bond motifs is 1. The van der Waals surface area contributed by atoms with Crippen molar-refractivity contribution in [2.75, 3.05) is 13.1 Å². The molecule has 1 fully saturated rings. The number of likely N-dealkylation sites (tertiary alicyclic amines) is 1. The Morgan fingerprint density at radius 2 is 1.84 bits per heavy atom. The molecule has 0 N–H and O–H groups in total. The van der Waals surface area contributed by atoms with E-state index in [9.17, 15) is 9.18 Å². The highest BCUT2D eigenvalue weighted by Gasteiger charge is 2.25. The Balaban J connectivity index is 1.36. The number of hydrogen-bond acceptors (Lipinski definition) is 4. The predicted molar refractivity (Wildman–Crippen MR) is 95.6 cm³/mol. The van der Waals surface area contributed by atoms with Crippen molar-refractivity contribution in [2.24, 2.45) is 0 Å². The molecule has 3 aromatic rings. The predicted octanol–water partition coefficient (Wildman–Crippen LogP) is 4.12. The van der Waals surface area contributed by atoms with Gasteiger partial charge in [-0.05, 0) is 36.4 Å². The molecular formula is C19H17FN2O2S. The maximum Gasteiger partial charge on any atom is 0.274 e. The van der Waals surface area contributed by atoms with E-state index in [-0.39, 0.29) is 17.8 Å². The molecule has 0 unspecified atom stereocenters. The lowest BCUT2D eigenvalue weighted by Gasteiger charge is -2.31. The number of piperidine rings is 1. The van der Waals surface area contributed by atoms with Crippen LogP contribution in [-0.4, -0.2) is 35.0 Å². The molecule has 25 heavy (non-hydrogen) atoms. The van der Waals surface area contributed by atoms with Gasteiger partial charge in [-0.25, -0.2) is 9.37 Å². The van der Waals surface area contributed by atoms with Crippen LogP contribution in [0.4, 0.5) is 4.39 Å². The summed E-state index contributed by atoms with van der Waals surface area (Å²) in [7, 11) is 0. The van der Waals surface area contributed by atoms with Crippen LogP contribution in [0, 0.1) is 5.82 Å². The van der Waals surface area contributed by atoms with Crippen LogP contribution < -0.4 is 4.74 Å². The quantitative estimate of drug-likeness (QED) is 0.709. The molecule has 2 aromatic carbocycles. The average molecular weight is 356 g/mol. The van der Waals surface area contributed by atoms with Crippen molar-refractivity contribution in [3.05, 3.63) is 59.9 Å².